The lowest BCUT2D eigenvalue weighted by Crippen LogP contribution is -2.14. The molecule has 8 heteroatoms. The number of hydrogen-bond donors (Lipinski definition) is 0. The van der Waals surface area contributed by atoms with Crippen molar-refractivity contribution < 1.29 is 23.7 Å². The fourth-order valence-electron chi connectivity index (χ4n) is 2.18. The zero-order chi connectivity index (χ0) is 18.0. The summed E-state index contributed by atoms with van der Waals surface area (Å²) in [6, 6.07) is 12.0. The molecule has 3 rings (SSSR count). The Kier molecular flexibility index (Phi) is 4.49. The molecule has 126 valence electrons. The van der Waals surface area contributed by atoms with Crippen molar-refractivity contribution in [1.82, 2.24) is 0 Å². The van der Waals surface area contributed by atoms with Crippen molar-refractivity contribution in [3.8, 4) is 0 Å². The van der Waals surface area contributed by atoms with E-state index in [1.165, 1.54) is 12.1 Å². The normalized spacial score (nSPS) is 10.6. The van der Waals surface area contributed by atoms with Gasteiger partial charge in [0.2, 0.25) is 5.78 Å². The summed E-state index contributed by atoms with van der Waals surface area (Å²) in [5.74, 6) is -1.41. The zero-order valence-corrected chi connectivity index (χ0v) is 13.4. The van der Waals surface area contributed by atoms with Crippen molar-refractivity contribution in [3.63, 3.8) is 0 Å². The first-order chi connectivity index (χ1) is 12.0. The first-order valence-electron chi connectivity index (χ1n) is 7.08. The third kappa shape index (κ3) is 3.51. The number of benzene rings is 2. The number of non-ortho nitro benzene ring substituents is 1. The van der Waals surface area contributed by atoms with Gasteiger partial charge >= 0.3 is 5.97 Å². The Hall–Kier alpha value is -3.19. The Balaban J connectivity index is 1.72. The summed E-state index contributed by atoms with van der Waals surface area (Å²) in [6.45, 7) is -0.572. The average Bonchev–Trinajstić information content (AvgIpc) is 3.03. The van der Waals surface area contributed by atoms with Crippen molar-refractivity contribution in [1.29, 1.82) is 0 Å². The van der Waals surface area contributed by atoms with Gasteiger partial charge in [-0.25, -0.2) is 4.79 Å². The van der Waals surface area contributed by atoms with E-state index in [9.17, 15) is 19.7 Å². The number of ether oxygens (including phenoxy) is 1. The number of furan rings is 1. The van der Waals surface area contributed by atoms with Crippen LogP contribution in [0.5, 0.6) is 0 Å². The molecule has 25 heavy (non-hydrogen) atoms. The van der Waals surface area contributed by atoms with Gasteiger partial charge in [0.1, 0.15) is 5.58 Å². The van der Waals surface area contributed by atoms with Crippen LogP contribution >= 0.6 is 11.6 Å². The monoisotopic (exact) mass is 359 g/mol. The first kappa shape index (κ1) is 16.7. The predicted molar refractivity (Wildman–Crippen MR) is 88.9 cm³/mol. The van der Waals surface area contributed by atoms with Crippen LogP contribution in [0.15, 0.2) is 52.9 Å². The number of carbonyl (C=O) groups excluding carboxylic acids is 2. The minimum atomic E-state index is -0.932. The molecular formula is C17H10ClNO6. The van der Waals surface area contributed by atoms with Crippen molar-refractivity contribution in [2.24, 2.45) is 0 Å². The summed E-state index contributed by atoms with van der Waals surface area (Å²) < 4.78 is 10.3. The van der Waals surface area contributed by atoms with Gasteiger partial charge in [-0.1, -0.05) is 29.8 Å². The van der Waals surface area contributed by atoms with E-state index in [0.29, 0.717) is 5.58 Å². The summed E-state index contributed by atoms with van der Waals surface area (Å²) in [4.78, 5) is 34.2. The quantitative estimate of drug-likeness (QED) is 0.295. The highest BCUT2D eigenvalue weighted by molar-refractivity contribution is 6.33. The molecule has 0 aliphatic rings. The van der Waals surface area contributed by atoms with Crippen LogP contribution in [0, 0.1) is 10.1 Å². The first-order valence-corrected chi connectivity index (χ1v) is 7.46. The number of esters is 1. The lowest BCUT2D eigenvalue weighted by atomic mass is 10.2. The standard InChI is InChI=1S/C17H10ClNO6/c18-13-6-5-11(19(22)23)8-12(13)17(21)24-9-14(20)16-7-10-3-1-2-4-15(10)25-16/h1-8H,9H2. The highest BCUT2D eigenvalue weighted by Crippen LogP contribution is 2.23. The van der Waals surface area contributed by atoms with Crippen molar-refractivity contribution in [2.45, 2.75) is 0 Å². The predicted octanol–water partition coefficient (Wildman–Crippen LogP) is 4.03. The van der Waals surface area contributed by atoms with Crippen LogP contribution in [-0.4, -0.2) is 23.3 Å². The third-order valence-corrected chi connectivity index (χ3v) is 3.74. The Labute approximate surface area is 145 Å². The number of fused-ring (bicyclic) bond motifs is 1. The summed E-state index contributed by atoms with van der Waals surface area (Å²) in [6.07, 6.45) is 0. The molecule has 0 spiro atoms. The van der Waals surface area contributed by atoms with Gasteiger partial charge < -0.3 is 9.15 Å². The van der Waals surface area contributed by atoms with Gasteiger partial charge in [-0.3, -0.25) is 14.9 Å². The Morgan fingerprint density at radius 2 is 1.92 bits per heavy atom. The van der Waals surface area contributed by atoms with Crippen LogP contribution in [-0.2, 0) is 4.74 Å². The molecule has 0 radical (unpaired) electrons. The second-order valence-electron chi connectivity index (χ2n) is 5.07. The minimum Gasteiger partial charge on any atom is -0.454 e. The van der Waals surface area contributed by atoms with E-state index in [-0.39, 0.29) is 22.0 Å². The number of carbonyl (C=O) groups is 2. The molecule has 0 saturated carbocycles. The topological polar surface area (TPSA) is 99.7 Å². The highest BCUT2D eigenvalue weighted by atomic mass is 35.5. The molecule has 1 aromatic heterocycles. The summed E-state index contributed by atoms with van der Waals surface area (Å²) in [5.41, 5.74) is 0.0483. The van der Waals surface area contributed by atoms with E-state index in [2.05, 4.69) is 0 Å². The number of nitro groups is 1. The van der Waals surface area contributed by atoms with Gasteiger partial charge in [-0.15, -0.1) is 0 Å². The van der Waals surface area contributed by atoms with E-state index in [1.807, 2.05) is 0 Å². The number of ketones is 1. The second kappa shape index (κ2) is 6.74. The molecule has 0 aliphatic carbocycles. The number of rotatable bonds is 5. The Bertz CT molecular complexity index is 961. The van der Waals surface area contributed by atoms with Gasteiger partial charge in [-0.05, 0) is 18.2 Å². The maximum atomic E-state index is 12.1. The number of halogens is 1. The van der Waals surface area contributed by atoms with E-state index in [0.717, 1.165) is 11.5 Å². The average molecular weight is 360 g/mol. The van der Waals surface area contributed by atoms with Crippen LogP contribution in [0.2, 0.25) is 5.02 Å². The van der Waals surface area contributed by atoms with Gasteiger partial charge in [0.05, 0.1) is 15.5 Å². The van der Waals surface area contributed by atoms with E-state index in [4.69, 9.17) is 20.8 Å². The second-order valence-corrected chi connectivity index (χ2v) is 5.48. The van der Waals surface area contributed by atoms with Crippen LogP contribution in [0.1, 0.15) is 20.9 Å². The largest absolute Gasteiger partial charge is 0.454 e. The maximum Gasteiger partial charge on any atom is 0.340 e. The van der Waals surface area contributed by atoms with Crippen LogP contribution in [0.4, 0.5) is 5.69 Å². The summed E-state index contributed by atoms with van der Waals surface area (Å²) in [7, 11) is 0. The fraction of sp³-hybridized carbons (Fsp3) is 0.0588. The SMILES string of the molecule is O=C(COC(=O)c1cc([N+](=O)[O-])ccc1Cl)c1cc2ccccc2o1. The molecule has 2 aromatic carbocycles. The lowest BCUT2D eigenvalue weighted by Gasteiger charge is -2.05. The molecule has 0 amide bonds. The molecular weight excluding hydrogens is 350 g/mol. The van der Waals surface area contributed by atoms with Crippen LogP contribution in [0.25, 0.3) is 11.0 Å². The fourth-order valence-corrected chi connectivity index (χ4v) is 2.38. The van der Waals surface area contributed by atoms with Crippen molar-refractivity contribution in [2.75, 3.05) is 6.61 Å². The molecule has 0 saturated heterocycles. The van der Waals surface area contributed by atoms with Gasteiger partial charge in [-0.2, -0.15) is 0 Å². The van der Waals surface area contributed by atoms with E-state index >= 15 is 0 Å². The van der Waals surface area contributed by atoms with E-state index < -0.39 is 23.3 Å². The maximum absolute atomic E-state index is 12.1. The summed E-state index contributed by atoms with van der Waals surface area (Å²) >= 11 is 5.85. The van der Waals surface area contributed by atoms with Crippen molar-refractivity contribution in [3.05, 3.63) is 75.0 Å². The van der Waals surface area contributed by atoms with Gasteiger partial charge in [0, 0.05) is 17.5 Å². The van der Waals surface area contributed by atoms with Gasteiger partial charge in [0.25, 0.3) is 5.69 Å². The number of nitro benzene ring substituents is 1. The van der Waals surface area contributed by atoms with E-state index in [1.54, 1.807) is 30.3 Å². The molecule has 7 nitrogen and oxygen atoms in total. The van der Waals surface area contributed by atoms with Gasteiger partial charge in [0.15, 0.2) is 12.4 Å². The zero-order valence-electron chi connectivity index (χ0n) is 12.6. The minimum absolute atomic E-state index is 0.00761. The molecule has 0 atom stereocenters. The molecule has 0 aliphatic heterocycles. The number of para-hydroxylation sites is 1. The number of Topliss-reactive ketones (excluding diaryl/α,β-unsaturated/α-hetero) is 1. The molecule has 3 aromatic rings. The molecule has 1 heterocycles. The lowest BCUT2D eigenvalue weighted by molar-refractivity contribution is -0.384. The van der Waals surface area contributed by atoms with Crippen LogP contribution in [0.3, 0.4) is 0 Å². The molecule has 0 N–H and O–H groups in total. The Morgan fingerprint density at radius 3 is 2.64 bits per heavy atom. The molecule has 0 unspecified atom stereocenters. The Morgan fingerprint density at radius 1 is 1.16 bits per heavy atom. The molecule has 0 bridgehead atoms. The summed E-state index contributed by atoms with van der Waals surface area (Å²) in [5, 5.41) is 11.5. The highest BCUT2D eigenvalue weighted by Gasteiger charge is 2.19. The molecule has 0 fully saturated rings. The number of hydrogen-bond acceptors (Lipinski definition) is 6. The third-order valence-electron chi connectivity index (χ3n) is 3.42. The smallest absolute Gasteiger partial charge is 0.340 e. The van der Waals surface area contributed by atoms with Crippen LogP contribution < -0.4 is 0 Å². The number of nitrogens with zero attached hydrogens (tertiary/aromatic N) is 1. The van der Waals surface area contributed by atoms with Crippen molar-refractivity contribution >= 4 is 40.0 Å².